The van der Waals surface area contributed by atoms with Gasteiger partial charge in [0.25, 0.3) is 5.91 Å². The summed E-state index contributed by atoms with van der Waals surface area (Å²) in [5, 5.41) is 10.4. The summed E-state index contributed by atoms with van der Waals surface area (Å²) in [5.74, 6) is 0.690. The average molecular weight is 342 g/mol. The van der Waals surface area contributed by atoms with Crippen LogP contribution in [-0.4, -0.2) is 81.9 Å². The number of hydrogen-bond acceptors (Lipinski definition) is 5. The molecule has 4 heterocycles. The zero-order valence-electron chi connectivity index (χ0n) is 14.0. The summed E-state index contributed by atoms with van der Waals surface area (Å²) in [4.78, 5) is 21.0. The number of rotatable bonds is 3. The fourth-order valence-corrected chi connectivity index (χ4v) is 3.54. The van der Waals surface area contributed by atoms with E-state index in [0.29, 0.717) is 31.9 Å². The van der Waals surface area contributed by atoms with E-state index in [1.807, 2.05) is 35.2 Å². The molecule has 4 rings (SSSR count). The summed E-state index contributed by atoms with van der Waals surface area (Å²) in [6.45, 7) is 3.87. The van der Waals surface area contributed by atoms with E-state index in [1.165, 1.54) is 0 Å². The largest absolute Gasteiger partial charge is 0.390 e. The van der Waals surface area contributed by atoms with E-state index in [4.69, 9.17) is 4.74 Å². The Kier molecular flexibility index (Phi) is 4.52. The van der Waals surface area contributed by atoms with Crippen molar-refractivity contribution in [2.24, 2.45) is 0 Å². The maximum Gasteiger partial charge on any atom is 0.255 e. The molecule has 2 fully saturated rings. The first-order valence-corrected chi connectivity index (χ1v) is 8.61. The lowest BCUT2D eigenvalue weighted by atomic mass is 10.1. The molecule has 2 atom stereocenters. The molecule has 2 aliphatic heterocycles. The molecule has 7 heteroatoms. The first kappa shape index (κ1) is 16.3. The van der Waals surface area contributed by atoms with Gasteiger partial charge in [0, 0.05) is 44.8 Å². The van der Waals surface area contributed by atoms with Gasteiger partial charge in [0.05, 0.1) is 30.9 Å². The molecule has 0 bridgehead atoms. The van der Waals surface area contributed by atoms with Crippen LogP contribution < -0.4 is 0 Å². The Balaban J connectivity index is 1.44. The number of β-amino-alcohol motifs (C(OH)–C–C–N with tert-alkyl or cyclic N) is 1. The van der Waals surface area contributed by atoms with E-state index in [-0.39, 0.29) is 11.9 Å². The Hall–Kier alpha value is -2.22. The summed E-state index contributed by atoms with van der Waals surface area (Å²) < 4.78 is 7.26. The van der Waals surface area contributed by atoms with Gasteiger partial charge in [-0.3, -0.25) is 9.69 Å². The predicted octanol–water partition coefficient (Wildman–Crippen LogP) is 0.390. The van der Waals surface area contributed by atoms with E-state index in [1.54, 1.807) is 17.2 Å². The van der Waals surface area contributed by atoms with E-state index >= 15 is 0 Å². The highest BCUT2D eigenvalue weighted by Gasteiger charge is 2.38. The molecule has 0 unspecified atom stereocenters. The third-order valence-electron chi connectivity index (χ3n) is 4.92. The van der Waals surface area contributed by atoms with Crippen LogP contribution in [0, 0.1) is 0 Å². The van der Waals surface area contributed by atoms with Crippen molar-refractivity contribution in [1.82, 2.24) is 19.4 Å². The number of morpholine rings is 1. The number of nitrogens with zero attached hydrogens (tertiary/aromatic N) is 4. The smallest absolute Gasteiger partial charge is 0.255 e. The molecular formula is C18H22N4O3. The van der Waals surface area contributed by atoms with Crippen molar-refractivity contribution in [3.8, 4) is 5.82 Å². The van der Waals surface area contributed by atoms with Crippen LogP contribution in [0.25, 0.3) is 5.82 Å². The van der Waals surface area contributed by atoms with Crippen molar-refractivity contribution < 1.29 is 14.6 Å². The Bertz CT molecular complexity index is 710. The molecule has 1 amide bonds. The van der Waals surface area contributed by atoms with Crippen molar-refractivity contribution in [1.29, 1.82) is 0 Å². The Labute approximate surface area is 146 Å². The second kappa shape index (κ2) is 6.95. The van der Waals surface area contributed by atoms with Crippen molar-refractivity contribution in [2.75, 3.05) is 39.4 Å². The fraction of sp³-hybridized carbons (Fsp3) is 0.444. The molecule has 0 spiro atoms. The van der Waals surface area contributed by atoms with Gasteiger partial charge in [0.1, 0.15) is 5.82 Å². The number of aliphatic hydroxyl groups excluding tert-OH is 1. The molecule has 0 aromatic carbocycles. The molecule has 2 aromatic heterocycles. The number of aliphatic hydroxyl groups is 1. The number of carbonyl (C=O) groups excluding carboxylic acids is 1. The molecule has 2 saturated heterocycles. The normalized spacial score (nSPS) is 24.6. The highest BCUT2D eigenvalue weighted by Crippen LogP contribution is 2.20. The number of amides is 1. The molecule has 0 aliphatic carbocycles. The minimum Gasteiger partial charge on any atom is -0.390 e. The molecule has 7 nitrogen and oxygen atoms in total. The quantitative estimate of drug-likeness (QED) is 0.874. The second-order valence-corrected chi connectivity index (χ2v) is 6.49. The molecule has 1 N–H and O–H groups in total. The monoisotopic (exact) mass is 342 g/mol. The van der Waals surface area contributed by atoms with E-state index in [0.717, 1.165) is 18.9 Å². The Morgan fingerprint density at radius 2 is 1.92 bits per heavy atom. The Morgan fingerprint density at radius 1 is 1.16 bits per heavy atom. The van der Waals surface area contributed by atoms with Gasteiger partial charge in [-0.15, -0.1) is 0 Å². The average Bonchev–Trinajstić information content (AvgIpc) is 3.32. The van der Waals surface area contributed by atoms with Gasteiger partial charge in [-0.2, -0.15) is 0 Å². The van der Waals surface area contributed by atoms with Gasteiger partial charge in [0.15, 0.2) is 0 Å². The van der Waals surface area contributed by atoms with Gasteiger partial charge >= 0.3 is 0 Å². The maximum atomic E-state index is 12.7. The number of ether oxygens (including phenoxy) is 1. The predicted molar refractivity (Wildman–Crippen MR) is 91.7 cm³/mol. The topological polar surface area (TPSA) is 70.8 Å². The highest BCUT2D eigenvalue weighted by atomic mass is 16.5. The van der Waals surface area contributed by atoms with Crippen LogP contribution in [0.2, 0.25) is 0 Å². The molecule has 0 saturated carbocycles. The fourth-order valence-electron chi connectivity index (χ4n) is 3.54. The SMILES string of the molecule is O=C(c1ccc(-n2cccc2)nc1)N1C[C@@H](O)[C@H](N2CCOCC2)C1. The summed E-state index contributed by atoms with van der Waals surface area (Å²) in [6.07, 6.45) is 4.90. The van der Waals surface area contributed by atoms with Gasteiger partial charge in [-0.25, -0.2) is 4.98 Å². The third kappa shape index (κ3) is 3.30. The minimum atomic E-state index is -0.519. The van der Waals surface area contributed by atoms with Crippen molar-refractivity contribution in [2.45, 2.75) is 12.1 Å². The number of hydrogen-bond donors (Lipinski definition) is 1. The zero-order valence-corrected chi connectivity index (χ0v) is 14.0. The van der Waals surface area contributed by atoms with Crippen LogP contribution in [-0.2, 0) is 4.74 Å². The van der Waals surface area contributed by atoms with Crippen LogP contribution in [0.1, 0.15) is 10.4 Å². The number of pyridine rings is 1. The summed E-state index contributed by atoms with van der Waals surface area (Å²) >= 11 is 0. The maximum absolute atomic E-state index is 12.7. The molecular weight excluding hydrogens is 320 g/mol. The lowest BCUT2D eigenvalue weighted by Crippen LogP contribution is -2.49. The summed E-state index contributed by atoms with van der Waals surface area (Å²) in [6, 6.07) is 7.47. The van der Waals surface area contributed by atoms with Crippen LogP contribution >= 0.6 is 0 Å². The Morgan fingerprint density at radius 3 is 2.60 bits per heavy atom. The van der Waals surface area contributed by atoms with Crippen LogP contribution in [0.15, 0.2) is 42.9 Å². The third-order valence-corrected chi connectivity index (χ3v) is 4.92. The first-order valence-electron chi connectivity index (χ1n) is 8.61. The first-order chi connectivity index (χ1) is 12.2. The van der Waals surface area contributed by atoms with Gasteiger partial charge in [0.2, 0.25) is 0 Å². The van der Waals surface area contributed by atoms with Gasteiger partial charge < -0.3 is 19.3 Å². The summed E-state index contributed by atoms with van der Waals surface area (Å²) in [7, 11) is 0. The number of carbonyl (C=O) groups is 1. The number of likely N-dealkylation sites (tertiary alicyclic amines) is 1. The minimum absolute atomic E-state index is 0.0139. The van der Waals surface area contributed by atoms with E-state index in [2.05, 4.69) is 9.88 Å². The summed E-state index contributed by atoms with van der Waals surface area (Å²) in [5.41, 5.74) is 0.547. The van der Waals surface area contributed by atoms with Crippen molar-refractivity contribution >= 4 is 5.91 Å². The number of aromatic nitrogens is 2. The molecule has 2 aliphatic rings. The van der Waals surface area contributed by atoms with E-state index < -0.39 is 6.10 Å². The molecule has 0 radical (unpaired) electrons. The van der Waals surface area contributed by atoms with Gasteiger partial charge in [-0.1, -0.05) is 0 Å². The molecule has 2 aromatic rings. The second-order valence-electron chi connectivity index (χ2n) is 6.49. The van der Waals surface area contributed by atoms with Crippen molar-refractivity contribution in [3.63, 3.8) is 0 Å². The van der Waals surface area contributed by atoms with Crippen LogP contribution in [0.5, 0.6) is 0 Å². The molecule has 132 valence electrons. The van der Waals surface area contributed by atoms with E-state index in [9.17, 15) is 9.90 Å². The highest BCUT2D eigenvalue weighted by molar-refractivity contribution is 5.94. The lowest BCUT2D eigenvalue weighted by molar-refractivity contribution is -0.00611. The molecule has 25 heavy (non-hydrogen) atoms. The van der Waals surface area contributed by atoms with Crippen molar-refractivity contribution in [3.05, 3.63) is 48.4 Å². The van der Waals surface area contributed by atoms with Gasteiger partial charge in [-0.05, 0) is 24.3 Å². The standard InChI is InChI=1S/C18H22N4O3/c23-16-13-22(12-15(16)20-7-9-25-10-8-20)18(24)14-3-4-17(19-11-14)21-5-1-2-6-21/h1-6,11,15-16,23H,7-10,12-13H2/t15-,16-/m1/s1. The van der Waals surface area contributed by atoms with Crippen LogP contribution in [0.4, 0.5) is 0 Å². The zero-order chi connectivity index (χ0) is 17.2. The van der Waals surface area contributed by atoms with Crippen LogP contribution in [0.3, 0.4) is 0 Å². The lowest BCUT2D eigenvalue weighted by Gasteiger charge is -2.33.